The van der Waals surface area contributed by atoms with Crippen LogP contribution < -0.4 is 0 Å². The Morgan fingerprint density at radius 3 is 1.79 bits per heavy atom. The summed E-state index contributed by atoms with van der Waals surface area (Å²) in [5, 5.41) is 10.1. The van der Waals surface area contributed by atoms with Gasteiger partial charge in [0.05, 0.1) is 17.6 Å². The predicted molar refractivity (Wildman–Crippen MR) is 223 cm³/mol. The van der Waals surface area contributed by atoms with Crippen molar-refractivity contribution < 1.29 is 0 Å². The molecule has 0 N–H and O–H groups in total. The topological polar surface area (TPSA) is 17.3 Å². The van der Waals surface area contributed by atoms with Gasteiger partial charge in [-0.15, -0.1) is 0 Å². The van der Waals surface area contributed by atoms with Crippen LogP contribution in [0.3, 0.4) is 0 Å². The molecule has 2 heteroatoms. The minimum absolute atomic E-state index is 0.613. The molecule has 9 aromatic carbocycles. The van der Waals surface area contributed by atoms with Crippen LogP contribution in [-0.4, -0.2) is 11.3 Å². The van der Waals surface area contributed by atoms with Gasteiger partial charge in [0.1, 0.15) is 0 Å². The molecule has 0 bridgehead atoms. The van der Waals surface area contributed by atoms with Crippen LogP contribution in [0.15, 0.2) is 187 Å². The Labute approximate surface area is 302 Å². The summed E-state index contributed by atoms with van der Waals surface area (Å²) in [6.45, 7) is 4.32. The molecule has 0 unspecified atom stereocenters. The van der Waals surface area contributed by atoms with Crippen molar-refractivity contribution in [3.05, 3.63) is 188 Å². The molecular weight excluding hydrogens is 629 g/mol. The molecular formula is C50H34N2. The number of aromatic nitrogens is 1. The molecule has 0 saturated heterocycles. The number of nitrogens with zero attached hydrogens (tertiary/aromatic N) is 2. The van der Waals surface area contributed by atoms with Gasteiger partial charge in [0.2, 0.25) is 0 Å². The van der Waals surface area contributed by atoms with Gasteiger partial charge in [-0.05, 0) is 120 Å². The van der Waals surface area contributed by atoms with E-state index >= 15 is 0 Å². The van der Waals surface area contributed by atoms with Crippen LogP contribution >= 0.6 is 0 Å². The summed E-state index contributed by atoms with van der Waals surface area (Å²) in [4.78, 5) is 4.12. The summed E-state index contributed by atoms with van der Waals surface area (Å²) >= 11 is 0. The second kappa shape index (κ2) is 12.2. The molecule has 2 nitrogen and oxygen atoms in total. The van der Waals surface area contributed by atoms with Crippen molar-refractivity contribution in [2.24, 2.45) is 4.99 Å². The fourth-order valence-electron chi connectivity index (χ4n) is 8.26. The number of hydrogen-bond acceptors (Lipinski definition) is 1. The van der Waals surface area contributed by atoms with Crippen LogP contribution in [0.4, 0.5) is 0 Å². The minimum Gasteiger partial charge on any atom is -0.309 e. The number of fused-ring (bicyclic) bond motifs is 9. The molecule has 10 rings (SSSR count). The molecule has 0 spiro atoms. The maximum Gasteiger partial charge on any atom is 0.0632 e. The Kier molecular flexibility index (Phi) is 7.07. The van der Waals surface area contributed by atoms with E-state index in [0.717, 1.165) is 5.69 Å². The van der Waals surface area contributed by atoms with E-state index in [1.165, 1.54) is 93.1 Å². The lowest BCUT2D eigenvalue weighted by Crippen LogP contribution is -1.94. The lowest BCUT2D eigenvalue weighted by atomic mass is 9.88. The maximum atomic E-state index is 4.12. The lowest BCUT2D eigenvalue weighted by Gasteiger charge is -2.16. The third kappa shape index (κ3) is 4.84. The average molecular weight is 663 g/mol. The van der Waals surface area contributed by atoms with Crippen LogP contribution in [-0.2, 0) is 6.54 Å². The fourth-order valence-corrected chi connectivity index (χ4v) is 8.26. The van der Waals surface area contributed by atoms with E-state index in [1.807, 2.05) is 0 Å². The number of aliphatic imine (C=N–C) groups is 1. The molecule has 0 radical (unpaired) electrons. The van der Waals surface area contributed by atoms with Gasteiger partial charge in [-0.3, -0.25) is 4.99 Å². The molecule has 0 aliphatic carbocycles. The molecule has 1 heterocycles. The van der Waals surface area contributed by atoms with E-state index in [1.54, 1.807) is 0 Å². The molecule has 1 aromatic heterocycles. The van der Waals surface area contributed by atoms with Gasteiger partial charge in [0.25, 0.3) is 0 Å². The van der Waals surface area contributed by atoms with Crippen molar-refractivity contribution >= 4 is 60.8 Å². The molecule has 0 atom stereocenters. The van der Waals surface area contributed by atoms with Gasteiger partial charge >= 0.3 is 0 Å². The third-order valence-electron chi connectivity index (χ3n) is 10.6. The number of rotatable bonds is 6. The molecule has 0 aliphatic rings. The monoisotopic (exact) mass is 662 g/mol. The summed E-state index contributed by atoms with van der Waals surface area (Å²) in [6.07, 6.45) is 0. The van der Waals surface area contributed by atoms with Crippen molar-refractivity contribution in [1.29, 1.82) is 0 Å². The van der Waals surface area contributed by atoms with E-state index < -0.39 is 0 Å². The van der Waals surface area contributed by atoms with Crippen molar-refractivity contribution in [3.8, 4) is 39.1 Å². The van der Waals surface area contributed by atoms with Crippen molar-refractivity contribution in [2.45, 2.75) is 6.54 Å². The summed E-state index contributed by atoms with van der Waals surface area (Å²) in [5.74, 6) is 0. The highest BCUT2D eigenvalue weighted by atomic mass is 15.0. The smallest absolute Gasteiger partial charge is 0.0632 e. The highest BCUT2D eigenvalue weighted by Crippen LogP contribution is 2.43. The number of para-hydroxylation sites is 1. The van der Waals surface area contributed by atoms with E-state index in [9.17, 15) is 0 Å². The zero-order chi connectivity index (χ0) is 34.6. The second-order valence-corrected chi connectivity index (χ2v) is 13.6. The van der Waals surface area contributed by atoms with Crippen LogP contribution in [0.25, 0.3) is 93.2 Å². The van der Waals surface area contributed by atoms with E-state index in [4.69, 9.17) is 0 Å². The van der Waals surface area contributed by atoms with Crippen LogP contribution in [0.1, 0.15) is 5.56 Å². The summed E-state index contributed by atoms with van der Waals surface area (Å²) in [5.41, 5.74) is 12.0. The fraction of sp³-hybridized carbons (Fsp3) is 0.0200. The molecule has 0 amide bonds. The average Bonchev–Trinajstić information content (AvgIpc) is 3.55. The van der Waals surface area contributed by atoms with Crippen molar-refractivity contribution in [1.82, 2.24) is 4.57 Å². The molecule has 52 heavy (non-hydrogen) atoms. The number of hydrogen-bond donors (Lipinski definition) is 0. The Hall–Kier alpha value is -6.77. The van der Waals surface area contributed by atoms with Crippen molar-refractivity contribution in [3.63, 3.8) is 0 Å². The zero-order valence-electron chi connectivity index (χ0n) is 28.6. The summed E-state index contributed by atoms with van der Waals surface area (Å²) in [7, 11) is 0. The standard InChI is InChI=1S/C50H34N2/c1-51-32-33-11-9-14-36(29-33)37-23-27-45-46(30-37)42-16-6-5-15-41(42)44-19-10-18-40(50(44)45)38-24-28-49-47(31-38)43-17-7-8-20-48(43)52(49)39-25-21-35(22-26-39)34-12-3-2-4-13-34/h2-31H,1,32H2. The Bertz CT molecular complexity index is 2990. The third-order valence-corrected chi connectivity index (χ3v) is 10.6. The Balaban J connectivity index is 1.17. The van der Waals surface area contributed by atoms with Crippen LogP contribution in [0, 0.1) is 0 Å². The highest BCUT2D eigenvalue weighted by molar-refractivity contribution is 6.29. The molecule has 10 aromatic rings. The quantitative estimate of drug-likeness (QED) is 0.125. The SMILES string of the molecule is C=NCc1cccc(-c2ccc3c(c2)c2ccccc2c2cccc(-c4ccc5c(c4)c4ccccc4n5-c4ccc(-c5ccccc5)cc4)c23)c1. The van der Waals surface area contributed by atoms with Gasteiger partial charge < -0.3 is 4.57 Å². The van der Waals surface area contributed by atoms with Gasteiger partial charge in [0, 0.05) is 16.5 Å². The maximum absolute atomic E-state index is 4.12. The Morgan fingerprint density at radius 2 is 0.962 bits per heavy atom. The second-order valence-electron chi connectivity index (χ2n) is 13.6. The van der Waals surface area contributed by atoms with Crippen molar-refractivity contribution in [2.75, 3.05) is 0 Å². The number of benzene rings is 9. The molecule has 244 valence electrons. The zero-order valence-corrected chi connectivity index (χ0v) is 28.6. The van der Waals surface area contributed by atoms with Gasteiger partial charge in [-0.2, -0.15) is 0 Å². The van der Waals surface area contributed by atoms with E-state index in [-0.39, 0.29) is 0 Å². The first kappa shape index (κ1) is 30.1. The lowest BCUT2D eigenvalue weighted by molar-refractivity contribution is 1.08. The normalized spacial score (nSPS) is 11.6. The van der Waals surface area contributed by atoms with Gasteiger partial charge in [0.15, 0.2) is 0 Å². The van der Waals surface area contributed by atoms with E-state index in [0.29, 0.717) is 6.54 Å². The first-order valence-electron chi connectivity index (χ1n) is 17.8. The summed E-state index contributed by atoms with van der Waals surface area (Å²) in [6, 6.07) is 66.5. The van der Waals surface area contributed by atoms with E-state index in [2.05, 4.69) is 198 Å². The molecule has 0 saturated carbocycles. The molecule has 0 aliphatic heterocycles. The first-order chi connectivity index (χ1) is 25.7. The van der Waals surface area contributed by atoms with Crippen LogP contribution in [0.2, 0.25) is 0 Å². The van der Waals surface area contributed by atoms with Gasteiger partial charge in [-0.25, -0.2) is 0 Å². The largest absolute Gasteiger partial charge is 0.309 e. The summed E-state index contributed by atoms with van der Waals surface area (Å²) < 4.78 is 2.40. The predicted octanol–water partition coefficient (Wildman–Crippen LogP) is 13.4. The minimum atomic E-state index is 0.613. The molecule has 0 fully saturated rings. The first-order valence-corrected chi connectivity index (χ1v) is 17.8. The highest BCUT2D eigenvalue weighted by Gasteiger charge is 2.17. The van der Waals surface area contributed by atoms with Crippen LogP contribution in [0.5, 0.6) is 0 Å². The Morgan fingerprint density at radius 1 is 0.385 bits per heavy atom. The van der Waals surface area contributed by atoms with Gasteiger partial charge in [-0.1, -0.05) is 140 Å².